The fraction of sp³-hybridized carbons (Fsp3) is 0.0500. The molecule has 158 valence electrons. The standard InChI is InChI=1S/C20H13Cl2N3O6/c1-30-20(27)12-6-11(7-14(8-12)25(28)29)18(26)24-16-4-2-3-5-17(16)31-19-15(22)9-13(21)10-23-19/h2-10H,1H3,(H,24,26). The van der Waals surface area contributed by atoms with Crippen molar-refractivity contribution in [3.8, 4) is 11.6 Å². The van der Waals surface area contributed by atoms with Crippen LogP contribution >= 0.6 is 23.2 Å². The van der Waals surface area contributed by atoms with E-state index in [1.165, 1.54) is 18.3 Å². The van der Waals surface area contributed by atoms with E-state index in [1.54, 1.807) is 24.3 Å². The van der Waals surface area contributed by atoms with Gasteiger partial charge in [-0.2, -0.15) is 0 Å². The molecule has 0 saturated heterocycles. The first-order chi connectivity index (χ1) is 14.8. The van der Waals surface area contributed by atoms with Crippen LogP contribution in [-0.4, -0.2) is 28.9 Å². The first kappa shape index (κ1) is 22.0. The van der Waals surface area contributed by atoms with Gasteiger partial charge in [-0.1, -0.05) is 35.3 Å². The van der Waals surface area contributed by atoms with Gasteiger partial charge < -0.3 is 14.8 Å². The van der Waals surface area contributed by atoms with Gasteiger partial charge in [-0.15, -0.1) is 0 Å². The first-order valence-electron chi connectivity index (χ1n) is 8.55. The zero-order valence-corrected chi connectivity index (χ0v) is 17.3. The second kappa shape index (κ2) is 9.41. The number of anilines is 1. The lowest BCUT2D eigenvalue weighted by atomic mass is 10.1. The topological polar surface area (TPSA) is 121 Å². The molecule has 1 heterocycles. The molecule has 0 bridgehead atoms. The van der Waals surface area contributed by atoms with Crippen LogP contribution in [0.2, 0.25) is 10.0 Å². The van der Waals surface area contributed by atoms with Crippen molar-refractivity contribution in [2.75, 3.05) is 12.4 Å². The van der Waals surface area contributed by atoms with Crippen LogP contribution in [0.5, 0.6) is 11.6 Å². The highest BCUT2D eigenvalue weighted by atomic mass is 35.5. The Kier molecular flexibility index (Phi) is 6.68. The van der Waals surface area contributed by atoms with Crippen molar-refractivity contribution < 1.29 is 24.0 Å². The molecule has 3 rings (SSSR count). The molecule has 0 spiro atoms. The Hall–Kier alpha value is -3.69. The van der Waals surface area contributed by atoms with E-state index in [0.717, 1.165) is 19.2 Å². The molecule has 9 nitrogen and oxygen atoms in total. The van der Waals surface area contributed by atoms with Gasteiger partial charge in [-0.25, -0.2) is 9.78 Å². The minimum absolute atomic E-state index is 0.0658. The third-order valence-corrected chi connectivity index (χ3v) is 4.41. The normalized spacial score (nSPS) is 10.3. The van der Waals surface area contributed by atoms with Crippen molar-refractivity contribution in [2.24, 2.45) is 0 Å². The molecule has 0 aliphatic carbocycles. The summed E-state index contributed by atoms with van der Waals surface area (Å²) in [7, 11) is 1.13. The zero-order chi connectivity index (χ0) is 22.5. The maximum Gasteiger partial charge on any atom is 0.338 e. The van der Waals surface area contributed by atoms with Gasteiger partial charge in [-0.3, -0.25) is 14.9 Å². The number of nitrogens with one attached hydrogen (secondary N) is 1. The number of methoxy groups -OCH3 is 1. The molecule has 3 aromatic rings. The monoisotopic (exact) mass is 461 g/mol. The van der Waals surface area contributed by atoms with Gasteiger partial charge in [0.05, 0.1) is 28.3 Å². The lowest BCUT2D eigenvalue weighted by Gasteiger charge is -2.13. The lowest BCUT2D eigenvalue weighted by molar-refractivity contribution is -0.384. The van der Waals surface area contributed by atoms with Crippen molar-refractivity contribution >= 4 is 46.5 Å². The van der Waals surface area contributed by atoms with Crippen molar-refractivity contribution in [2.45, 2.75) is 0 Å². The number of para-hydroxylation sites is 2. The summed E-state index contributed by atoms with van der Waals surface area (Å²) in [5.41, 5.74) is -0.447. The molecule has 31 heavy (non-hydrogen) atoms. The van der Waals surface area contributed by atoms with Crippen molar-refractivity contribution in [1.82, 2.24) is 4.98 Å². The number of halogens is 2. The smallest absolute Gasteiger partial charge is 0.338 e. The van der Waals surface area contributed by atoms with E-state index in [4.69, 9.17) is 27.9 Å². The number of non-ortho nitro benzene ring substituents is 1. The largest absolute Gasteiger partial charge is 0.465 e. The third kappa shape index (κ3) is 5.27. The molecule has 0 radical (unpaired) electrons. The van der Waals surface area contributed by atoms with E-state index in [-0.39, 0.29) is 33.5 Å². The number of hydrogen-bond donors (Lipinski definition) is 1. The van der Waals surface area contributed by atoms with E-state index >= 15 is 0 Å². The number of benzene rings is 2. The molecule has 0 atom stereocenters. The second-order valence-electron chi connectivity index (χ2n) is 6.01. The highest BCUT2D eigenvalue weighted by Gasteiger charge is 2.19. The number of nitro groups is 1. The Morgan fingerprint density at radius 3 is 2.48 bits per heavy atom. The molecule has 1 amide bonds. The Bertz CT molecular complexity index is 1190. The maximum absolute atomic E-state index is 12.8. The molecular formula is C20H13Cl2N3O6. The van der Waals surface area contributed by atoms with E-state index in [0.29, 0.717) is 5.02 Å². The van der Waals surface area contributed by atoms with Crippen LogP contribution in [0.4, 0.5) is 11.4 Å². The van der Waals surface area contributed by atoms with E-state index in [1.807, 2.05) is 0 Å². The number of ether oxygens (including phenoxy) is 2. The molecule has 0 saturated carbocycles. The molecule has 1 aromatic heterocycles. The fourth-order valence-corrected chi connectivity index (χ4v) is 2.94. The van der Waals surface area contributed by atoms with Gasteiger partial charge in [0.15, 0.2) is 5.75 Å². The maximum atomic E-state index is 12.8. The summed E-state index contributed by atoms with van der Waals surface area (Å²) in [6.45, 7) is 0. The van der Waals surface area contributed by atoms with Crippen LogP contribution in [0.3, 0.4) is 0 Å². The van der Waals surface area contributed by atoms with Gasteiger partial charge in [0.25, 0.3) is 11.6 Å². The Labute approximate surface area is 185 Å². The van der Waals surface area contributed by atoms with Crippen molar-refractivity contribution in [3.05, 3.63) is 86.0 Å². The summed E-state index contributed by atoms with van der Waals surface area (Å²) in [6.07, 6.45) is 1.35. The number of nitro benzene ring substituents is 1. The SMILES string of the molecule is COC(=O)c1cc(C(=O)Nc2ccccc2Oc2ncc(Cl)cc2Cl)cc([N+](=O)[O-])c1. The van der Waals surface area contributed by atoms with Crippen LogP contribution in [0.1, 0.15) is 20.7 Å². The van der Waals surface area contributed by atoms with Crippen molar-refractivity contribution in [1.29, 1.82) is 0 Å². The Balaban J connectivity index is 1.91. The van der Waals surface area contributed by atoms with Crippen LogP contribution in [-0.2, 0) is 4.74 Å². The molecule has 2 aromatic carbocycles. The summed E-state index contributed by atoms with van der Waals surface area (Å²) < 4.78 is 10.3. The number of esters is 1. The van der Waals surface area contributed by atoms with Gasteiger partial charge in [0, 0.05) is 23.9 Å². The molecular weight excluding hydrogens is 449 g/mol. The average molecular weight is 462 g/mol. The first-order valence-corrected chi connectivity index (χ1v) is 9.31. The van der Waals surface area contributed by atoms with Crippen LogP contribution in [0.25, 0.3) is 0 Å². The summed E-state index contributed by atoms with van der Waals surface area (Å²) in [5.74, 6) is -1.24. The second-order valence-corrected chi connectivity index (χ2v) is 6.85. The number of nitrogens with zero attached hydrogens (tertiary/aromatic N) is 2. The van der Waals surface area contributed by atoms with Gasteiger partial charge in [-0.05, 0) is 24.3 Å². The molecule has 11 heteroatoms. The average Bonchev–Trinajstić information content (AvgIpc) is 2.75. The van der Waals surface area contributed by atoms with E-state index in [9.17, 15) is 19.7 Å². The number of carbonyl (C=O) groups is 2. The molecule has 0 fully saturated rings. The predicted molar refractivity (Wildman–Crippen MR) is 113 cm³/mol. The zero-order valence-electron chi connectivity index (χ0n) is 15.8. The minimum atomic E-state index is -0.815. The highest BCUT2D eigenvalue weighted by Crippen LogP contribution is 2.33. The summed E-state index contributed by atoms with van der Waals surface area (Å²) in [5, 5.41) is 14.3. The highest BCUT2D eigenvalue weighted by molar-refractivity contribution is 6.35. The number of amides is 1. The van der Waals surface area contributed by atoms with Gasteiger partial charge >= 0.3 is 5.97 Å². The van der Waals surface area contributed by atoms with Crippen LogP contribution < -0.4 is 10.1 Å². The van der Waals surface area contributed by atoms with E-state index in [2.05, 4.69) is 15.0 Å². The fourth-order valence-electron chi connectivity index (χ4n) is 2.52. The van der Waals surface area contributed by atoms with Crippen LogP contribution in [0.15, 0.2) is 54.7 Å². The molecule has 0 aliphatic rings. The quantitative estimate of drug-likeness (QED) is 0.306. The number of hydrogen-bond acceptors (Lipinski definition) is 7. The summed E-state index contributed by atoms with van der Waals surface area (Å²) in [6, 6.07) is 11.1. The Morgan fingerprint density at radius 1 is 1.10 bits per heavy atom. The number of rotatable bonds is 6. The van der Waals surface area contributed by atoms with E-state index < -0.39 is 22.5 Å². The van der Waals surface area contributed by atoms with Gasteiger partial charge in [0.1, 0.15) is 5.02 Å². The third-order valence-electron chi connectivity index (χ3n) is 3.93. The molecule has 1 N–H and O–H groups in total. The molecule has 0 unspecified atom stereocenters. The number of carbonyl (C=O) groups excluding carboxylic acids is 2. The Morgan fingerprint density at radius 2 is 1.81 bits per heavy atom. The van der Waals surface area contributed by atoms with Crippen LogP contribution in [0, 0.1) is 10.1 Å². The summed E-state index contributed by atoms with van der Waals surface area (Å²) >= 11 is 11.9. The predicted octanol–water partition coefficient (Wildman–Crippen LogP) is 5.13. The lowest BCUT2D eigenvalue weighted by Crippen LogP contribution is -2.14. The minimum Gasteiger partial charge on any atom is -0.465 e. The number of pyridine rings is 1. The van der Waals surface area contributed by atoms with Gasteiger partial charge in [0.2, 0.25) is 5.88 Å². The summed E-state index contributed by atoms with van der Waals surface area (Å²) in [4.78, 5) is 39.0. The molecule has 0 aliphatic heterocycles. The van der Waals surface area contributed by atoms with Crippen molar-refractivity contribution in [3.63, 3.8) is 0 Å². The number of aromatic nitrogens is 1.